The van der Waals surface area contributed by atoms with Crippen molar-refractivity contribution in [1.29, 1.82) is 0 Å². The monoisotopic (exact) mass is 329 g/mol. The molecule has 0 saturated carbocycles. The lowest BCUT2D eigenvalue weighted by Crippen LogP contribution is -2.40. The van der Waals surface area contributed by atoms with Crippen molar-refractivity contribution in [3.05, 3.63) is 29.8 Å². The summed E-state index contributed by atoms with van der Waals surface area (Å²) in [6.07, 6.45) is 0. The minimum Gasteiger partial charge on any atom is -0.389 e. The Labute approximate surface area is 130 Å². The molecule has 1 aromatic rings. The summed E-state index contributed by atoms with van der Waals surface area (Å²) >= 11 is 4.82. The summed E-state index contributed by atoms with van der Waals surface area (Å²) in [5.41, 5.74) is 5.94. The average Bonchev–Trinajstić information content (AvgIpc) is 2.46. The molecule has 8 heteroatoms. The molecular weight excluding hydrogens is 310 g/mol. The lowest BCUT2D eigenvalue weighted by molar-refractivity contribution is -0.129. The number of nitrogens with one attached hydrogen (secondary N) is 1. The molecule has 0 unspecified atom stereocenters. The van der Waals surface area contributed by atoms with Crippen LogP contribution in [0, 0.1) is 0 Å². The maximum Gasteiger partial charge on any atom is 0.241 e. The van der Waals surface area contributed by atoms with Gasteiger partial charge in [0.1, 0.15) is 4.99 Å². The molecule has 0 heterocycles. The smallest absolute Gasteiger partial charge is 0.241 e. The van der Waals surface area contributed by atoms with Crippen molar-refractivity contribution in [2.75, 3.05) is 19.6 Å². The minimum absolute atomic E-state index is 0.0279. The lowest BCUT2D eigenvalue weighted by Gasteiger charge is -2.18. The molecule has 1 amide bonds. The largest absolute Gasteiger partial charge is 0.389 e. The number of carbonyl (C=O) groups excluding carboxylic acids is 1. The number of thiocarbonyl (C=S) groups is 1. The van der Waals surface area contributed by atoms with Gasteiger partial charge in [-0.3, -0.25) is 4.79 Å². The standard InChI is InChI=1S/C13H19N3O3S2/c1-3-16(4-2)12(17)9-15-21(18,19)11-7-5-6-10(8-11)13(14)20/h5-8,15H,3-4,9H2,1-2H3,(H2,14,20). The second kappa shape index (κ2) is 7.48. The molecule has 1 aromatic carbocycles. The number of nitrogens with zero attached hydrogens (tertiary/aromatic N) is 1. The number of benzene rings is 1. The van der Waals surface area contributed by atoms with E-state index in [0.29, 0.717) is 18.7 Å². The van der Waals surface area contributed by atoms with E-state index in [2.05, 4.69) is 4.72 Å². The molecule has 0 aliphatic carbocycles. The maximum atomic E-state index is 12.1. The molecular formula is C13H19N3O3S2. The molecule has 0 saturated heterocycles. The molecule has 0 spiro atoms. The number of rotatable bonds is 7. The fourth-order valence-corrected chi connectivity index (χ4v) is 2.89. The fourth-order valence-electron chi connectivity index (χ4n) is 1.74. The van der Waals surface area contributed by atoms with Gasteiger partial charge in [-0.05, 0) is 26.0 Å². The first-order valence-corrected chi connectivity index (χ1v) is 8.38. The first kappa shape index (κ1) is 17.5. The van der Waals surface area contributed by atoms with Gasteiger partial charge in [0.15, 0.2) is 0 Å². The van der Waals surface area contributed by atoms with Gasteiger partial charge in [0.2, 0.25) is 15.9 Å². The number of hydrogen-bond donors (Lipinski definition) is 2. The van der Waals surface area contributed by atoms with Gasteiger partial charge >= 0.3 is 0 Å². The van der Waals surface area contributed by atoms with Crippen LogP contribution in [0.2, 0.25) is 0 Å². The summed E-state index contributed by atoms with van der Waals surface area (Å²) in [5.74, 6) is -0.269. The molecule has 0 atom stereocenters. The van der Waals surface area contributed by atoms with Gasteiger partial charge in [0, 0.05) is 18.7 Å². The highest BCUT2D eigenvalue weighted by atomic mass is 32.2. The first-order chi connectivity index (χ1) is 9.81. The average molecular weight is 329 g/mol. The molecule has 0 aromatic heterocycles. The summed E-state index contributed by atoms with van der Waals surface area (Å²) < 4.78 is 26.6. The molecule has 6 nitrogen and oxygen atoms in total. The summed E-state index contributed by atoms with van der Waals surface area (Å²) in [4.78, 5) is 13.5. The molecule has 0 radical (unpaired) electrons. The Morgan fingerprint density at radius 2 is 1.95 bits per heavy atom. The molecule has 0 fully saturated rings. The van der Waals surface area contributed by atoms with E-state index in [0.717, 1.165) is 0 Å². The van der Waals surface area contributed by atoms with Crippen LogP contribution in [0.5, 0.6) is 0 Å². The van der Waals surface area contributed by atoms with Crippen molar-refractivity contribution in [2.24, 2.45) is 5.73 Å². The Bertz CT molecular complexity index is 625. The summed E-state index contributed by atoms with van der Waals surface area (Å²) in [7, 11) is -3.77. The Morgan fingerprint density at radius 1 is 1.33 bits per heavy atom. The minimum atomic E-state index is -3.77. The van der Waals surface area contributed by atoms with Crippen LogP contribution in [0.25, 0.3) is 0 Å². The molecule has 0 aliphatic heterocycles. The Hall–Kier alpha value is -1.51. The normalized spacial score (nSPS) is 11.1. The zero-order valence-corrected chi connectivity index (χ0v) is 13.6. The van der Waals surface area contributed by atoms with E-state index in [1.54, 1.807) is 17.0 Å². The van der Waals surface area contributed by atoms with Crippen LogP contribution in [0.15, 0.2) is 29.2 Å². The zero-order valence-electron chi connectivity index (χ0n) is 12.0. The van der Waals surface area contributed by atoms with E-state index in [9.17, 15) is 13.2 Å². The van der Waals surface area contributed by atoms with Crippen molar-refractivity contribution in [1.82, 2.24) is 9.62 Å². The summed E-state index contributed by atoms with van der Waals surface area (Å²) in [6, 6.07) is 5.98. The number of nitrogens with two attached hydrogens (primary N) is 1. The first-order valence-electron chi connectivity index (χ1n) is 6.49. The highest BCUT2D eigenvalue weighted by Gasteiger charge is 2.18. The molecule has 0 bridgehead atoms. The predicted molar refractivity (Wildman–Crippen MR) is 85.4 cm³/mol. The van der Waals surface area contributed by atoms with Crippen LogP contribution < -0.4 is 10.5 Å². The zero-order chi connectivity index (χ0) is 16.0. The Balaban J connectivity index is 2.85. The van der Waals surface area contributed by atoms with E-state index in [1.807, 2.05) is 13.8 Å². The van der Waals surface area contributed by atoms with Gasteiger partial charge in [-0.25, -0.2) is 13.1 Å². The predicted octanol–water partition coefficient (Wildman–Crippen LogP) is 0.468. The van der Waals surface area contributed by atoms with E-state index < -0.39 is 10.0 Å². The molecule has 116 valence electrons. The van der Waals surface area contributed by atoms with Crippen LogP contribution in [-0.4, -0.2) is 43.8 Å². The van der Waals surface area contributed by atoms with Crippen LogP contribution in [0.1, 0.15) is 19.4 Å². The second-order valence-electron chi connectivity index (χ2n) is 4.28. The van der Waals surface area contributed by atoms with E-state index in [-0.39, 0.29) is 22.3 Å². The Morgan fingerprint density at radius 3 is 2.48 bits per heavy atom. The van der Waals surface area contributed by atoms with Crippen LogP contribution in [-0.2, 0) is 14.8 Å². The number of likely N-dealkylation sites (N-methyl/N-ethyl adjacent to an activating group) is 1. The second-order valence-corrected chi connectivity index (χ2v) is 6.49. The SMILES string of the molecule is CCN(CC)C(=O)CNS(=O)(=O)c1cccc(C(N)=S)c1. The van der Waals surface area contributed by atoms with E-state index in [4.69, 9.17) is 18.0 Å². The van der Waals surface area contributed by atoms with Gasteiger partial charge in [0.05, 0.1) is 11.4 Å². The van der Waals surface area contributed by atoms with Crippen molar-refractivity contribution in [2.45, 2.75) is 18.7 Å². The molecule has 0 aliphatic rings. The summed E-state index contributed by atoms with van der Waals surface area (Å²) in [5, 5.41) is 0. The third-order valence-electron chi connectivity index (χ3n) is 2.96. The number of sulfonamides is 1. The lowest BCUT2D eigenvalue weighted by atomic mass is 10.2. The Kier molecular flexibility index (Phi) is 6.25. The topological polar surface area (TPSA) is 92.5 Å². The van der Waals surface area contributed by atoms with Crippen molar-refractivity contribution < 1.29 is 13.2 Å². The van der Waals surface area contributed by atoms with Gasteiger partial charge in [0.25, 0.3) is 0 Å². The number of hydrogen-bond acceptors (Lipinski definition) is 4. The van der Waals surface area contributed by atoms with Crippen LogP contribution >= 0.6 is 12.2 Å². The van der Waals surface area contributed by atoms with Crippen molar-refractivity contribution in [3.8, 4) is 0 Å². The van der Waals surface area contributed by atoms with E-state index >= 15 is 0 Å². The van der Waals surface area contributed by atoms with Crippen LogP contribution in [0.4, 0.5) is 0 Å². The van der Waals surface area contributed by atoms with E-state index in [1.165, 1.54) is 12.1 Å². The van der Waals surface area contributed by atoms with Crippen LogP contribution in [0.3, 0.4) is 0 Å². The van der Waals surface area contributed by atoms with Gasteiger partial charge in [-0.1, -0.05) is 24.4 Å². The van der Waals surface area contributed by atoms with Gasteiger partial charge in [-0.2, -0.15) is 0 Å². The quantitative estimate of drug-likeness (QED) is 0.709. The third-order valence-corrected chi connectivity index (χ3v) is 4.59. The highest BCUT2D eigenvalue weighted by molar-refractivity contribution is 7.89. The van der Waals surface area contributed by atoms with Gasteiger partial charge in [-0.15, -0.1) is 0 Å². The third kappa shape index (κ3) is 4.76. The van der Waals surface area contributed by atoms with Crippen molar-refractivity contribution in [3.63, 3.8) is 0 Å². The molecule has 1 rings (SSSR count). The maximum absolute atomic E-state index is 12.1. The number of carbonyl (C=O) groups is 1. The molecule has 3 N–H and O–H groups in total. The highest BCUT2D eigenvalue weighted by Crippen LogP contribution is 2.11. The number of amides is 1. The molecule has 21 heavy (non-hydrogen) atoms. The fraction of sp³-hybridized carbons (Fsp3) is 0.385. The van der Waals surface area contributed by atoms with Gasteiger partial charge < -0.3 is 10.6 Å². The van der Waals surface area contributed by atoms with Crippen molar-refractivity contribution >= 4 is 33.1 Å². The summed E-state index contributed by atoms with van der Waals surface area (Å²) in [6.45, 7) is 4.46.